The molecule has 0 aliphatic rings. The van der Waals surface area contributed by atoms with Gasteiger partial charge in [0.05, 0.1) is 18.6 Å². The molecule has 1 rings (SSSR count). The minimum Gasteiger partial charge on any atom is -0.504 e. The Morgan fingerprint density at radius 1 is 1.64 bits per heavy atom. The summed E-state index contributed by atoms with van der Waals surface area (Å²) in [6, 6.07) is 1.94. The summed E-state index contributed by atoms with van der Waals surface area (Å²) in [6.45, 7) is 0. The van der Waals surface area contributed by atoms with Crippen LogP contribution in [0, 0.1) is 5.82 Å². The molecule has 0 spiro atoms. The Morgan fingerprint density at radius 3 is 2.79 bits per heavy atom. The van der Waals surface area contributed by atoms with Crippen LogP contribution in [0.5, 0.6) is 11.5 Å². The van der Waals surface area contributed by atoms with E-state index in [2.05, 4.69) is 0 Å². The van der Waals surface area contributed by atoms with Crippen molar-refractivity contribution in [2.45, 2.75) is 0 Å². The Balaban J connectivity index is 3.24. The Hall–Kier alpha value is -1.29. The molecule has 0 aliphatic heterocycles. The monoisotopic (exact) mass is 218 g/mol. The van der Waals surface area contributed by atoms with E-state index >= 15 is 0 Å². The molecule has 0 radical (unpaired) electrons. The first-order valence-corrected chi connectivity index (χ1v) is 4.29. The van der Waals surface area contributed by atoms with Gasteiger partial charge in [-0.25, -0.2) is 4.39 Å². The second kappa shape index (κ2) is 4.28. The highest BCUT2D eigenvalue weighted by Gasteiger charge is 2.14. The van der Waals surface area contributed by atoms with Crippen molar-refractivity contribution in [3.05, 3.63) is 23.5 Å². The van der Waals surface area contributed by atoms with E-state index in [1.165, 1.54) is 7.11 Å². The number of halogens is 2. The molecule has 76 valence electrons. The number of hydrogen-bond acceptors (Lipinski definition) is 3. The van der Waals surface area contributed by atoms with Gasteiger partial charge in [0.15, 0.2) is 17.3 Å². The Bertz CT molecular complexity index is 365. The molecule has 0 saturated carbocycles. The van der Waals surface area contributed by atoms with E-state index < -0.39 is 11.6 Å². The van der Waals surface area contributed by atoms with E-state index in [9.17, 15) is 9.18 Å². The van der Waals surface area contributed by atoms with Gasteiger partial charge in [0, 0.05) is 6.07 Å². The molecule has 1 aromatic rings. The lowest BCUT2D eigenvalue weighted by Gasteiger charge is -2.06. The maximum Gasteiger partial charge on any atom is 0.180 e. The van der Waals surface area contributed by atoms with E-state index in [4.69, 9.17) is 21.4 Å². The number of aromatic hydroxyl groups is 1. The van der Waals surface area contributed by atoms with E-state index in [1.54, 1.807) is 0 Å². The van der Waals surface area contributed by atoms with Gasteiger partial charge in [0.25, 0.3) is 0 Å². The molecule has 14 heavy (non-hydrogen) atoms. The minimum atomic E-state index is -0.811. The van der Waals surface area contributed by atoms with Crippen LogP contribution in [0.4, 0.5) is 4.39 Å². The molecule has 0 saturated heterocycles. The number of benzene rings is 1. The summed E-state index contributed by atoms with van der Waals surface area (Å²) in [5.41, 5.74) is -0.186. The van der Waals surface area contributed by atoms with Crippen molar-refractivity contribution in [2.24, 2.45) is 0 Å². The predicted octanol–water partition coefficient (Wildman–Crippen LogP) is 1.96. The van der Waals surface area contributed by atoms with Gasteiger partial charge < -0.3 is 9.84 Å². The fourth-order valence-corrected chi connectivity index (χ4v) is 1.14. The number of rotatable bonds is 3. The van der Waals surface area contributed by atoms with E-state index in [1.807, 2.05) is 0 Å². The fourth-order valence-electron chi connectivity index (χ4n) is 0.992. The molecule has 0 amide bonds. The van der Waals surface area contributed by atoms with Gasteiger partial charge in [-0.05, 0) is 6.07 Å². The van der Waals surface area contributed by atoms with Gasteiger partial charge in [-0.3, -0.25) is 4.79 Å². The SMILES string of the molecule is COc1cc(C(=O)CCl)c(F)cc1O. The fraction of sp³-hybridized carbons (Fsp3) is 0.222. The highest BCUT2D eigenvalue weighted by Crippen LogP contribution is 2.28. The standard InChI is InChI=1S/C9H8ClFO3/c1-14-9-2-5(8(13)4-10)6(11)3-7(9)12/h2-3,12H,4H2,1H3. The maximum absolute atomic E-state index is 13.1. The molecule has 0 unspecified atom stereocenters. The molecule has 0 atom stereocenters. The summed E-state index contributed by atoms with van der Waals surface area (Å²) in [5, 5.41) is 9.16. The van der Waals surface area contributed by atoms with Crippen LogP contribution < -0.4 is 4.74 Å². The quantitative estimate of drug-likeness (QED) is 0.623. The van der Waals surface area contributed by atoms with Crippen LogP contribution in [0.3, 0.4) is 0 Å². The first-order valence-electron chi connectivity index (χ1n) is 3.75. The van der Waals surface area contributed by atoms with Crippen molar-refractivity contribution >= 4 is 17.4 Å². The number of hydrogen-bond donors (Lipinski definition) is 1. The van der Waals surface area contributed by atoms with E-state index in [0.717, 1.165) is 12.1 Å². The average Bonchev–Trinajstić information content (AvgIpc) is 2.17. The van der Waals surface area contributed by atoms with E-state index in [-0.39, 0.29) is 22.9 Å². The lowest BCUT2D eigenvalue weighted by molar-refractivity contribution is 0.101. The minimum absolute atomic E-state index is 0.0415. The molecule has 0 bridgehead atoms. The Labute approximate surface area is 85.1 Å². The number of carbonyl (C=O) groups is 1. The van der Waals surface area contributed by atoms with Gasteiger partial charge >= 0.3 is 0 Å². The predicted molar refractivity (Wildman–Crippen MR) is 49.7 cm³/mol. The summed E-state index contributed by atoms with van der Waals surface area (Å²) < 4.78 is 17.8. The molecule has 1 aromatic carbocycles. The van der Waals surface area contributed by atoms with Gasteiger partial charge in [0.2, 0.25) is 0 Å². The molecule has 0 aromatic heterocycles. The van der Waals surface area contributed by atoms with Crippen LogP contribution in [0.1, 0.15) is 10.4 Å². The van der Waals surface area contributed by atoms with Crippen LogP contribution in [-0.2, 0) is 0 Å². The summed E-state index contributed by atoms with van der Waals surface area (Å²) in [4.78, 5) is 11.1. The zero-order chi connectivity index (χ0) is 10.7. The van der Waals surface area contributed by atoms with Crippen LogP contribution in [0.25, 0.3) is 0 Å². The number of Topliss-reactive ketones (excluding diaryl/α,β-unsaturated/α-hetero) is 1. The Kier molecular flexibility index (Phi) is 3.30. The lowest BCUT2D eigenvalue weighted by atomic mass is 10.1. The van der Waals surface area contributed by atoms with Crippen LogP contribution in [0.2, 0.25) is 0 Å². The molecular weight excluding hydrogens is 211 g/mol. The van der Waals surface area contributed by atoms with Crippen molar-refractivity contribution in [1.82, 2.24) is 0 Å². The van der Waals surface area contributed by atoms with Crippen molar-refractivity contribution in [1.29, 1.82) is 0 Å². The Morgan fingerprint density at radius 2 is 2.29 bits per heavy atom. The van der Waals surface area contributed by atoms with Crippen molar-refractivity contribution in [3.63, 3.8) is 0 Å². The number of carbonyl (C=O) groups excluding carboxylic acids is 1. The van der Waals surface area contributed by atoms with Gasteiger partial charge in [-0.2, -0.15) is 0 Å². The number of phenols is 1. The van der Waals surface area contributed by atoms with Crippen molar-refractivity contribution in [2.75, 3.05) is 13.0 Å². The smallest absolute Gasteiger partial charge is 0.180 e. The number of methoxy groups -OCH3 is 1. The maximum atomic E-state index is 13.1. The average molecular weight is 219 g/mol. The first-order chi connectivity index (χ1) is 6.60. The summed E-state index contributed by atoms with van der Waals surface area (Å²) in [7, 11) is 1.31. The van der Waals surface area contributed by atoms with Crippen molar-refractivity contribution < 1.29 is 19.0 Å². The van der Waals surface area contributed by atoms with Crippen LogP contribution in [0.15, 0.2) is 12.1 Å². The largest absolute Gasteiger partial charge is 0.504 e. The molecule has 1 N–H and O–H groups in total. The topological polar surface area (TPSA) is 46.5 Å². The number of ether oxygens (including phenoxy) is 1. The van der Waals surface area contributed by atoms with Crippen molar-refractivity contribution in [3.8, 4) is 11.5 Å². The molecular formula is C9H8ClFO3. The third-order valence-electron chi connectivity index (χ3n) is 1.69. The summed E-state index contributed by atoms with van der Waals surface area (Å²) in [6.07, 6.45) is 0. The lowest BCUT2D eigenvalue weighted by Crippen LogP contribution is -2.04. The molecule has 5 heteroatoms. The second-order valence-corrected chi connectivity index (χ2v) is 2.83. The zero-order valence-electron chi connectivity index (χ0n) is 7.38. The van der Waals surface area contributed by atoms with Gasteiger partial charge in [-0.15, -0.1) is 11.6 Å². The normalized spacial score (nSPS) is 9.93. The summed E-state index contributed by atoms with van der Waals surface area (Å²) >= 11 is 5.27. The summed E-state index contributed by atoms with van der Waals surface area (Å²) in [5.74, 6) is -1.99. The highest BCUT2D eigenvalue weighted by molar-refractivity contribution is 6.30. The van der Waals surface area contributed by atoms with Gasteiger partial charge in [-0.1, -0.05) is 0 Å². The highest BCUT2D eigenvalue weighted by atomic mass is 35.5. The van der Waals surface area contributed by atoms with Crippen LogP contribution in [-0.4, -0.2) is 23.9 Å². The zero-order valence-corrected chi connectivity index (χ0v) is 8.14. The number of phenolic OH excluding ortho intramolecular Hbond substituents is 1. The number of ketones is 1. The third kappa shape index (κ3) is 1.96. The third-order valence-corrected chi connectivity index (χ3v) is 1.93. The molecule has 0 heterocycles. The van der Waals surface area contributed by atoms with Gasteiger partial charge in [0.1, 0.15) is 5.82 Å². The molecule has 0 fully saturated rings. The number of alkyl halides is 1. The molecule has 3 nitrogen and oxygen atoms in total. The molecule has 0 aliphatic carbocycles. The second-order valence-electron chi connectivity index (χ2n) is 2.56. The van der Waals surface area contributed by atoms with E-state index in [0.29, 0.717) is 0 Å². The first kappa shape index (κ1) is 10.8. The van der Waals surface area contributed by atoms with Crippen LogP contribution >= 0.6 is 11.6 Å².